The van der Waals surface area contributed by atoms with Crippen molar-refractivity contribution in [1.29, 1.82) is 0 Å². The van der Waals surface area contributed by atoms with E-state index in [1.807, 2.05) is 30.3 Å². The standard InChI is InChI=1S/C15H20N2O3/c1-11-13(14(18)19)8-10-17(11)15(20)16-9-7-12-5-3-2-4-6-12/h2-6,11,13H,7-10H2,1H3,(H,16,20)(H,18,19). The molecule has 1 aromatic carbocycles. The van der Waals surface area contributed by atoms with Crippen molar-refractivity contribution < 1.29 is 14.7 Å². The van der Waals surface area contributed by atoms with Crippen molar-refractivity contribution in [2.75, 3.05) is 13.1 Å². The van der Waals surface area contributed by atoms with Crippen LogP contribution in [0.4, 0.5) is 4.79 Å². The third-order valence-electron chi connectivity index (χ3n) is 3.87. The smallest absolute Gasteiger partial charge is 0.317 e. The van der Waals surface area contributed by atoms with Gasteiger partial charge < -0.3 is 15.3 Å². The molecule has 20 heavy (non-hydrogen) atoms. The zero-order chi connectivity index (χ0) is 14.5. The minimum Gasteiger partial charge on any atom is -0.481 e. The van der Waals surface area contributed by atoms with Crippen molar-refractivity contribution in [3.8, 4) is 0 Å². The molecule has 0 bridgehead atoms. The molecule has 2 N–H and O–H groups in total. The van der Waals surface area contributed by atoms with Crippen LogP contribution in [0.3, 0.4) is 0 Å². The van der Waals surface area contributed by atoms with Crippen LogP contribution in [0.2, 0.25) is 0 Å². The lowest BCUT2D eigenvalue weighted by Crippen LogP contribution is -2.44. The molecule has 108 valence electrons. The number of benzene rings is 1. The van der Waals surface area contributed by atoms with E-state index >= 15 is 0 Å². The number of nitrogens with zero attached hydrogens (tertiary/aromatic N) is 1. The lowest BCUT2D eigenvalue weighted by atomic mass is 10.0. The molecule has 2 atom stereocenters. The Morgan fingerprint density at radius 3 is 2.65 bits per heavy atom. The molecule has 2 amide bonds. The number of carboxylic acid groups (broad SMARTS) is 1. The van der Waals surface area contributed by atoms with Gasteiger partial charge in [0, 0.05) is 19.1 Å². The third kappa shape index (κ3) is 3.29. The van der Waals surface area contributed by atoms with Gasteiger partial charge >= 0.3 is 12.0 Å². The highest BCUT2D eigenvalue weighted by molar-refractivity contribution is 5.78. The maximum Gasteiger partial charge on any atom is 0.317 e. The minimum atomic E-state index is -0.822. The van der Waals surface area contributed by atoms with Gasteiger partial charge in [0.15, 0.2) is 0 Å². The van der Waals surface area contributed by atoms with Gasteiger partial charge in [0.05, 0.1) is 5.92 Å². The SMILES string of the molecule is CC1C(C(=O)O)CCN1C(=O)NCCc1ccccc1. The average Bonchev–Trinajstić information content (AvgIpc) is 2.82. The summed E-state index contributed by atoms with van der Waals surface area (Å²) in [5, 5.41) is 11.9. The first-order chi connectivity index (χ1) is 9.59. The zero-order valence-electron chi connectivity index (χ0n) is 11.6. The summed E-state index contributed by atoms with van der Waals surface area (Å²) in [4.78, 5) is 24.7. The van der Waals surface area contributed by atoms with Gasteiger partial charge in [-0.3, -0.25) is 4.79 Å². The lowest BCUT2D eigenvalue weighted by Gasteiger charge is -2.23. The lowest BCUT2D eigenvalue weighted by molar-refractivity contribution is -0.142. The Morgan fingerprint density at radius 2 is 2.05 bits per heavy atom. The summed E-state index contributed by atoms with van der Waals surface area (Å²) in [6, 6.07) is 9.52. The maximum atomic E-state index is 12.0. The van der Waals surface area contributed by atoms with E-state index < -0.39 is 11.9 Å². The molecule has 5 nitrogen and oxygen atoms in total. The number of hydrogen-bond donors (Lipinski definition) is 2. The average molecular weight is 276 g/mol. The molecule has 5 heteroatoms. The van der Waals surface area contributed by atoms with Crippen LogP contribution in [0, 0.1) is 5.92 Å². The first-order valence-corrected chi connectivity index (χ1v) is 6.91. The summed E-state index contributed by atoms with van der Waals surface area (Å²) in [5.41, 5.74) is 1.17. The Bertz CT molecular complexity index is 475. The number of nitrogens with one attached hydrogen (secondary N) is 1. The second-order valence-corrected chi connectivity index (χ2v) is 5.13. The van der Waals surface area contributed by atoms with Gasteiger partial charge in [0.25, 0.3) is 0 Å². The molecule has 1 aliphatic rings. The number of carbonyl (C=O) groups excluding carboxylic acids is 1. The fourth-order valence-electron chi connectivity index (χ4n) is 2.62. The van der Waals surface area contributed by atoms with Gasteiger partial charge in [0.1, 0.15) is 0 Å². The molecule has 1 aromatic rings. The number of aliphatic carboxylic acids is 1. The Labute approximate surface area is 118 Å². The molecule has 1 fully saturated rings. The van der Waals surface area contributed by atoms with Gasteiger partial charge in [-0.15, -0.1) is 0 Å². The summed E-state index contributed by atoms with van der Waals surface area (Å²) in [6.07, 6.45) is 1.31. The van der Waals surface area contributed by atoms with Crippen molar-refractivity contribution in [2.24, 2.45) is 5.92 Å². The summed E-state index contributed by atoms with van der Waals surface area (Å²) >= 11 is 0. The highest BCUT2D eigenvalue weighted by atomic mass is 16.4. The van der Waals surface area contributed by atoms with Crippen LogP contribution in [-0.4, -0.2) is 41.1 Å². The molecular formula is C15H20N2O3. The maximum absolute atomic E-state index is 12.0. The topological polar surface area (TPSA) is 69.6 Å². The molecule has 1 aliphatic heterocycles. The second kappa shape index (κ2) is 6.41. The van der Waals surface area contributed by atoms with Gasteiger partial charge in [-0.05, 0) is 25.3 Å². The molecule has 0 aliphatic carbocycles. The fraction of sp³-hybridized carbons (Fsp3) is 0.467. The number of rotatable bonds is 4. The van der Waals surface area contributed by atoms with Gasteiger partial charge in [-0.25, -0.2) is 4.79 Å². The number of amides is 2. The van der Waals surface area contributed by atoms with Crippen LogP contribution < -0.4 is 5.32 Å². The largest absolute Gasteiger partial charge is 0.481 e. The number of carbonyl (C=O) groups is 2. The summed E-state index contributed by atoms with van der Waals surface area (Å²) in [6.45, 7) is 2.86. The Kier molecular flexibility index (Phi) is 4.61. The van der Waals surface area contributed by atoms with E-state index in [0.29, 0.717) is 19.5 Å². The van der Waals surface area contributed by atoms with Crippen molar-refractivity contribution in [1.82, 2.24) is 10.2 Å². The molecule has 2 unspecified atom stereocenters. The summed E-state index contributed by atoms with van der Waals surface area (Å²) < 4.78 is 0. The predicted molar refractivity (Wildman–Crippen MR) is 75.5 cm³/mol. The second-order valence-electron chi connectivity index (χ2n) is 5.13. The zero-order valence-corrected chi connectivity index (χ0v) is 11.6. The van der Waals surface area contributed by atoms with Crippen LogP contribution in [0.15, 0.2) is 30.3 Å². The first kappa shape index (κ1) is 14.4. The van der Waals surface area contributed by atoms with Crippen molar-refractivity contribution >= 4 is 12.0 Å². The Hall–Kier alpha value is -2.04. The number of urea groups is 1. The monoisotopic (exact) mass is 276 g/mol. The highest BCUT2D eigenvalue weighted by Gasteiger charge is 2.37. The van der Waals surface area contributed by atoms with Crippen LogP contribution in [0.1, 0.15) is 18.9 Å². The molecule has 1 heterocycles. The molecule has 2 rings (SSSR count). The summed E-state index contributed by atoms with van der Waals surface area (Å²) in [7, 11) is 0. The third-order valence-corrected chi connectivity index (χ3v) is 3.87. The first-order valence-electron chi connectivity index (χ1n) is 6.91. The molecule has 0 saturated carbocycles. The fourth-order valence-corrected chi connectivity index (χ4v) is 2.62. The highest BCUT2D eigenvalue weighted by Crippen LogP contribution is 2.24. The van der Waals surface area contributed by atoms with Crippen molar-refractivity contribution in [3.05, 3.63) is 35.9 Å². The molecule has 0 radical (unpaired) electrons. The van der Waals surface area contributed by atoms with E-state index in [9.17, 15) is 9.59 Å². The quantitative estimate of drug-likeness (QED) is 0.880. The van der Waals surface area contributed by atoms with E-state index in [0.717, 1.165) is 6.42 Å². The number of hydrogen-bond acceptors (Lipinski definition) is 2. The van der Waals surface area contributed by atoms with Gasteiger partial charge in [0.2, 0.25) is 0 Å². The van der Waals surface area contributed by atoms with E-state index in [-0.39, 0.29) is 12.1 Å². The number of likely N-dealkylation sites (tertiary alicyclic amines) is 1. The molecular weight excluding hydrogens is 256 g/mol. The van der Waals surface area contributed by atoms with Crippen LogP contribution in [0.25, 0.3) is 0 Å². The van der Waals surface area contributed by atoms with E-state index in [4.69, 9.17) is 5.11 Å². The van der Waals surface area contributed by atoms with Crippen LogP contribution in [-0.2, 0) is 11.2 Å². The van der Waals surface area contributed by atoms with Crippen molar-refractivity contribution in [3.63, 3.8) is 0 Å². The van der Waals surface area contributed by atoms with Gasteiger partial charge in [-0.2, -0.15) is 0 Å². The molecule has 1 saturated heterocycles. The Morgan fingerprint density at radius 1 is 1.35 bits per heavy atom. The van der Waals surface area contributed by atoms with Gasteiger partial charge in [-0.1, -0.05) is 30.3 Å². The van der Waals surface area contributed by atoms with Crippen LogP contribution >= 0.6 is 0 Å². The van der Waals surface area contributed by atoms with E-state index in [1.165, 1.54) is 5.56 Å². The minimum absolute atomic E-state index is 0.169. The molecule has 0 aromatic heterocycles. The predicted octanol–water partition coefficient (Wildman–Crippen LogP) is 1.73. The van der Waals surface area contributed by atoms with Crippen molar-refractivity contribution in [2.45, 2.75) is 25.8 Å². The van der Waals surface area contributed by atoms with Crippen LogP contribution in [0.5, 0.6) is 0 Å². The normalized spacial score (nSPS) is 21.8. The van der Waals surface area contributed by atoms with E-state index in [2.05, 4.69) is 5.32 Å². The van der Waals surface area contributed by atoms with E-state index in [1.54, 1.807) is 11.8 Å². The Balaban J connectivity index is 1.80. The molecule has 0 spiro atoms. The summed E-state index contributed by atoms with van der Waals surface area (Å²) in [5.74, 6) is -1.27. The number of carboxylic acids is 1.